The van der Waals surface area contributed by atoms with Crippen LogP contribution < -0.4 is 20.1 Å². The molecule has 1 atom stereocenters. The minimum absolute atomic E-state index is 0.336. The van der Waals surface area contributed by atoms with Crippen LogP contribution in [0.3, 0.4) is 0 Å². The highest BCUT2D eigenvalue weighted by molar-refractivity contribution is 5.65. The van der Waals surface area contributed by atoms with Crippen molar-refractivity contribution in [2.24, 2.45) is 0 Å². The van der Waals surface area contributed by atoms with E-state index >= 15 is 0 Å². The second-order valence-corrected chi connectivity index (χ2v) is 8.61. The molecule has 1 aliphatic carbocycles. The molecule has 33 heavy (non-hydrogen) atoms. The number of pyridine rings is 1. The largest absolute Gasteiger partial charge is 0.495 e. The highest BCUT2D eigenvalue weighted by Crippen LogP contribution is 2.43. The molecule has 0 bridgehead atoms. The Labute approximate surface area is 192 Å². The van der Waals surface area contributed by atoms with Crippen molar-refractivity contribution in [3.63, 3.8) is 0 Å². The Hall–Kier alpha value is -3.65. The third-order valence-corrected chi connectivity index (χ3v) is 6.12. The monoisotopic (exact) mass is 442 g/mol. The summed E-state index contributed by atoms with van der Waals surface area (Å²) in [5.41, 5.74) is 3.29. The van der Waals surface area contributed by atoms with E-state index in [4.69, 9.17) is 19.6 Å². The number of para-hydroxylation sites is 1. The summed E-state index contributed by atoms with van der Waals surface area (Å²) in [6.07, 6.45) is 5.15. The number of fused-ring (bicyclic) bond motifs is 1. The number of methoxy groups -OCH3 is 1. The SMILES string of the molecule is COc1cc2ncc(-c3cc(Oc4ccccc4)cc(NC4CCNC4)n3)n2nc1C1CC1. The summed E-state index contributed by atoms with van der Waals surface area (Å²) in [5.74, 6) is 3.52. The Morgan fingerprint density at radius 2 is 1.94 bits per heavy atom. The Balaban J connectivity index is 1.43. The Bertz CT molecular complexity index is 1280. The Kier molecular flexibility index (Phi) is 5.07. The van der Waals surface area contributed by atoms with Gasteiger partial charge < -0.3 is 20.1 Å². The lowest BCUT2D eigenvalue weighted by Gasteiger charge is -2.15. The van der Waals surface area contributed by atoms with Gasteiger partial charge in [-0.25, -0.2) is 14.5 Å². The van der Waals surface area contributed by atoms with E-state index < -0.39 is 0 Å². The fraction of sp³-hybridized carbons (Fsp3) is 0.320. The standard InChI is InChI=1S/C25H26N6O2/c1-32-22-13-24-27-15-21(31(24)30-25(22)16-7-8-16)20-11-19(33-18-5-3-2-4-6-18)12-23(29-20)28-17-9-10-26-14-17/h2-6,11-13,15-17,26H,7-10,14H2,1H3,(H,28,29). The van der Waals surface area contributed by atoms with Crippen molar-refractivity contribution in [1.29, 1.82) is 0 Å². The normalized spacial score (nSPS) is 17.9. The van der Waals surface area contributed by atoms with Crippen molar-refractivity contribution in [2.75, 3.05) is 25.5 Å². The first-order valence-corrected chi connectivity index (χ1v) is 11.4. The first-order valence-electron chi connectivity index (χ1n) is 11.4. The molecule has 2 N–H and O–H groups in total. The molecule has 1 unspecified atom stereocenters. The number of imidazole rings is 1. The van der Waals surface area contributed by atoms with Gasteiger partial charge in [0.1, 0.15) is 34.5 Å². The maximum absolute atomic E-state index is 6.18. The van der Waals surface area contributed by atoms with Crippen LogP contribution in [0, 0.1) is 0 Å². The average Bonchev–Trinajstić information content (AvgIpc) is 3.40. The van der Waals surface area contributed by atoms with E-state index in [0.717, 1.165) is 72.4 Å². The zero-order valence-electron chi connectivity index (χ0n) is 18.5. The molecule has 0 spiro atoms. The number of anilines is 1. The summed E-state index contributed by atoms with van der Waals surface area (Å²) < 4.78 is 13.6. The van der Waals surface area contributed by atoms with Crippen LogP contribution in [0.15, 0.2) is 54.7 Å². The molecule has 2 fully saturated rings. The van der Waals surface area contributed by atoms with Gasteiger partial charge in [0, 0.05) is 36.7 Å². The van der Waals surface area contributed by atoms with Gasteiger partial charge in [0.2, 0.25) is 0 Å². The van der Waals surface area contributed by atoms with Gasteiger partial charge in [0.15, 0.2) is 5.65 Å². The van der Waals surface area contributed by atoms with Crippen LogP contribution in [0.2, 0.25) is 0 Å². The molecule has 168 valence electrons. The molecule has 8 heteroatoms. The van der Waals surface area contributed by atoms with Crippen LogP contribution in [0.4, 0.5) is 5.82 Å². The number of nitrogens with one attached hydrogen (secondary N) is 2. The zero-order valence-corrected chi connectivity index (χ0v) is 18.5. The van der Waals surface area contributed by atoms with E-state index in [1.807, 2.05) is 59.2 Å². The van der Waals surface area contributed by atoms with Crippen molar-refractivity contribution < 1.29 is 9.47 Å². The maximum atomic E-state index is 6.18. The molecule has 1 aliphatic heterocycles. The number of aromatic nitrogens is 4. The van der Waals surface area contributed by atoms with Crippen LogP contribution in [0.5, 0.6) is 17.2 Å². The van der Waals surface area contributed by atoms with Gasteiger partial charge in [-0.1, -0.05) is 18.2 Å². The summed E-state index contributed by atoms with van der Waals surface area (Å²) >= 11 is 0. The highest BCUT2D eigenvalue weighted by Gasteiger charge is 2.30. The molecule has 4 heterocycles. The maximum Gasteiger partial charge on any atom is 0.157 e. The topological polar surface area (TPSA) is 85.6 Å². The number of hydrogen-bond donors (Lipinski definition) is 2. The van der Waals surface area contributed by atoms with E-state index in [-0.39, 0.29) is 0 Å². The van der Waals surface area contributed by atoms with Crippen molar-refractivity contribution in [2.45, 2.75) is 31.2 Å². The lowest BCUT2D eigenvalue weighted by atomic mass is 10.2. The van der Waals surface area contributed by atoms with Crippen LogP contribution in [-0.2, 0) is 0 Å². The van der Waals surface area contributed by atoms with E-state index in [1.54, 1.807) is 7.11 Å². The molecule has 8 nitrogen and oxygen atoms in total. The molecule has 4 aromatic rings. The van der Waals surface area contributed by atoms with Crippen LogP contribution in [0.25, 0.3) is 17.0 Å². The van der Waals surface area contributed by atoms with Crippen LogP contribution >= 0.6 is 0 Å². The molecule has 3 aromatic heterocycles. The predicted molar refractivity (Wildman–Crippen MR) is 126 cm³/mol. The Morgan fingerprint density at radius 3 is 2.70 bits per heavy atom. The summed E-state index contributed by atoms with van der Waals surface area (Å²) in [6, 6.07) is 16.0. The number of nitrogens with zero attached hydrogens (tertiary/aromatic N) is 4. The fourth-order valence-electron chi connectivity index (χ4n) is 4.27. The van der Waals surface area contributed by atoms with Gasteiger partial charge in [0.05, 0.1) is 19.0 Å². The molecule has 1 saturated carbocycles. The smallest absolute Gasteiger partial charge is 0.157 e. The van der Waals surface area contributed by atoms with Crippen LogP contribution in [0.1, 0.15) is 30.9 Å². The summed E-state index contributed by atoms with van der Waals surface area (Å²) in [7, 11) is 1.69. The van der Waals surface area contributed by atoms with Crippen LogP contribution in [-0.4, -0.2) is 45.8 Å². The minimum atomic E-state index is 0.336. The number of hydrogen-bond acceptors (Lipinski definition) is 7. The van der Waals surface area contributed by atoms with Gasteiger partial charge >= 0.3 is 0 Å². The zero-order chi connectivity index (χ0) is 22.2. The molecular weight excluding hydrogens is 416 g/mol. The fourth-order valence-corrected chi connectivity index (χ4v) is 4.27. The molecule has 1 aromatic carbocycles. The Morgan fingerprint density at radius 1 is 1.06 bits per heavy atom. The minimum Gasteiger partial charge on any atom is -0.495 e. The summed E-state index contributed by atoms with van der Waals surface area (Å²) in [4.78, 5) is 9.49. The summed E-state index contributed by atoms with van der Waals surface area (Å²) in [5, 5.41) is 11.8. The third kappa shape index (κ3) is 4.09. The molecule has 6 rings (SSSR count). The first kappa shape index (κ1) is 20.0. The lowest BCUT2D eigenvalue weighted by molar-refractivity contribution is 0.405. The highest BCUT2D eigenvalue weighted by atomic mass is 16.5. The van der Waals surface area contributed by atoms with E-state index in [2.05, 4.69) is 15.6 Å². The van der Waals surface area contributed by atoms with E-state index in [1.165, 1.54) is 0 Å². The van der Waals surface area contributed by atoms with Gasteiger partial charge in [-0.15, -0.1) is 0 Å². The number of ether oxygens (including phenoxy) is 2. The number of rotatable bonds is 7. The third-order valence-electron chi connectivity index (χ3n) is 6.12. The summed E-state index contributed by atoms with van der Waals surface area (Å²) in [6.45, 7) is 1.93. The van der Waals surface area contributed by atoms with E-state index in [9.17, 15) is 0 Å². The average molecular weight is 443 g/mol. The van der Waals surface area contributed by atoms with Gasteiger partial charge in [-0.05, 0) is 37.9 Å². The molecule has 2 aliphatic rings. The van der Waals surface area contributed by atoms with E-state index in [0.29, 0.717) is 17.7 Å². The molecule has 1 saturated heterocycles. The van der Waals surface area contributed by atoms with Crippen molar-refractivity contribution in [3.8, 4) is 28.6 Å². The predicted octanol–water partition coefficient (Wildman–Crippen LogP) is 4.24. The van der Waals surface area contributed by atoms with Crippen molar-refractivity contribution in [1.82, 2.24) is 24.9 Å². The second-order valence-electron chi connectivity index (χ2n) is 8.61. The molecule has 0 amide bonds. The second kappa shape index (κ2) is 8.37. The van der Waals surface area contributed by atoms with Gasteiger partial charge in [-0.3, -0.25) is 0 Å². The van der Waals surface area contributed by atoms with Crippen molar-refractivity contribution >= 4 is 11.5 Å². The van der Waals surface area contributed by atoms with Gasteiger partial charge in [-0.2, -0.15) is 5.10 Å². The lowest BCUT2D eigenvalue weighted by Crippen LogP contribution is -2.22. The first-order chi connectivity index (χ1) is 16.3. The quantitative estimate of drug-likeness (QED) is 0.443. The molecule has 0 radical (unpaired) electrons. The van der Waals surface area contributed by atoms with Gasteiger partial charge in [0.25, 0.3) is 0 Å². The molecular formula is C25H26N6O2. The van der Waals surface area contributed by atoms with Crippen molar-refractivity contribution in [3.05, 3.63) is 60.4 Å². The number of benzene rings is 1.